The molecule has 7 heteroatoms. The molecule has 1 heterocycles. The largest absolute Gasteiger partial charge is 0.458 e. The smallest absolute Gasteiger partial charge is 0.329 e. The summed E-state index contributed by atoms with van der Waals surface area (Å²) in [5, 5.41) is 0. The van der Waals surface area contributed by atoms with E-state index in [0.29, 0.717) is 11.4 Å². The Morgan fingerprint density at radius 3 is 2.32 bits per heavy atom. The summed E-state index contributed by atoms with van der Waals surface area (Å²) in [6.45, 7) is 8.36. The number of aryl methyl sites for hydroxylation is 1. The Balaban J connectivity index is 2.42. The average Bonchev–Trinajstić information content (AvgIpc) is 2.93. The predicted octanol–water partition coefficient (Wildman–Crippen LogP) is 3.50. The van der Waals surface area contributed by atoms with E-state index >= 15 is 0 Å². The van der Waals surface area contributed by atoms with Crippen LogP contribution in [0.25, 0.3) is 0 Å². The Kier molecular flexibility index (Phi) is 5.25. The zero-order valence-corrected chi connectivity index (χ0v) is 14.9. The zero-order chi connectivity index (χ0) is 18.8. The van der Waals surface area contributed by atoms with Gasteiger partial charge in [0.15, 0.2) is 12.1 Å². The summed E-state index contributed by atoms with van der Waals surface area (Å²) < 4.78 is 23.7. The highest BCUT2D eigenvalue weighted by atomic mass is 19.1. The van der Waals surface area contributed by atoms with Crippen molar-refractivity contribution in [1.82, 2.24) is 4.98 Å². The van der Waals surface area contributed by atoms with Crippen LogP contribution in [-0.2, 0) is 9.53 Å². The van der Waals surface area contributed by atoms with Gasteiger partial charge in [0.2, 0.25) is 0 Å². The number of carbonyl (C=O) groups is 2. The van der Waals surface area contributed by atoms with Crippen LogP contribution in [0.1, 0.15) is 43.9 Å². The fourth-order valence-corrected chi connectivity index (χ4v) is 2.24. The molecule has 0 aliphatic rings. The Hall–Kier alpha value is -2.70. The monoisotopic (exact) mass is 348 g/mol. The number of hydrogen-bond acceptors (Lipinski definition) is 5. The lowest BCUT2D eigenvalue weighted by Gasteiger charge is -2.30. The van der Waals surface area contributed by atoms with E-state index in [1.54, 1.807) is 34.6 Å². The van der Waals surface area contributed by atoms with Crippen LogP contribution >= 0.6 is 0 Å². The molecule has 1 aromatic carbocycles. The molecule has 0 bridgehead atoms. The maximum Gasteiger partial charge on any atom is 0.329 e. The van der Waals surface area contributed by atoms with Gasteiger partial charge in [-0.25, -0.2) is 14.2 Å². The number of aromatic nitrogens is 1. The summed E-state index contributed by atoms with van der Waals surface area (Å²) in [5.41, 5.74) is -0.265. The molecule has 1 atom stereocenters. The van der Waals surface area contributed by atoms with Crippen molar-refractivity contribution in [2.45, 2.75) is 46.3 Å². The standard InChI is InChI=1S/C18H21FN2O4/c1-11(17(23)25-18(3,4)5)21(14-8-6-13(19)7-9-14)16(22)15-12(2)24-10-20-15/h6-11H,1-5H3. The fraction of sp³-hybridized carbons (Fsp3) is 0.389. The molecule has 0 saturated heterocycles. The SMILES string of the molecule is Cc1ocnc1C(=O)N(c1ccc(F)cc1)C(C)C(=O)OC(C)(C)C. The van der Waals surface area contributed by atoms with Crippen LogP contribution in [0.4, 0.5) is 10.1 Å². The molecule has 0 aliphatic carbocycles. The second-order valence-corrected chi connectivity index (χ2v) is 6.62. The second kappa shape index (κ2) is 7.04. The van der Waals surface area contributed by atoms with Gasteiger partial charge in [-0.15, -0.1) is 0 Å². The lowest BCUT2D eigenvalue weighted by molar-refractivity contribution is -0.155. The minimum Gasteiger partial charge on any atom is -0.458 e. The van der Waals surface area contributed by atoms with Crippen molar-refractivity contribution < 1.29 is 23.1 Å². The van der Waals surface area contributed by atoms with Gasteiger partial charge in [-0.05, 0) is 58.9 Å². The zero-order valence-electron chi connectivity index (χ0n) is 14.9. The maximum absolute atomic E-state index is 13.2. The third kappa shape index (κ3) is 4.43. The highest BCUT2D eigenvalue weighted by Crippen LogP contribution is 2.23. The summed E-state index contributed by atoms with van der Waals surface area (Å²) >= 11 is 0. The molecule has 1 amide bonds. The van der Waals surface area contributed by atoms with Crippen molar-refractivity contribution in [3.63, 3.8) is 0 Å². The summed E-state index contributed by atoms with van der Waals surface area (Å²) in [6, 6.07) is 4.33. The van der Waals surface area contributed by atoms with E-state index in [1.807, 2.05) is 0 Å². The van der Waals surface area contributed by atoms with Crippen molar-refractivity contribution in [2.24, 2.45) is 0 Å². The molecule has 0 saturated carbocycles. The van der Waals surface area contributed by atoms with Crippen molar-refractivity contribution >= 4 is 17.6 Å². The van der Waals surface area contributed by atoms with Crippen molar-refractivity contribution in [3.8, 4) is 0 Å². The number of amides is 1. The second-order valence-electron chi connectivity index (χ2n) is 6.62. The number of nitrogens with zero attached hydrogens (tertiary/aromatic N) is 2. The van der Waals surface area contributed by atoms with Gasteiger partial charge >= 0.3 is 5.97 Å². The Morgan fingerprint density at radius 2 is 1.84 bits per heavy atom. The lowest BCUT2D eigenvalue weighted by atomic mass is 10.1. The van der Waals surface area contributed by atoms with Crippen LogP contribution in [0, 0.1) is 12.7 Å². The van der Waals surface area contributed by atoms with E-state index in [2.05, 4.69) is 4.98 Å². The molecule has 0 N–H and O–H groups in total. The molecule has 0 fully saturated rings. The van der Waals surface area contributed by atoms with Gasteiger partial charge in [-0.1, -0.05) is 0 Å². The molecule has 1 unspecified atom stereocenters. The molecule has 0 spiro atoms. The number of benzene rings is 1. The minimum absolute atomic E-state index is 0.0831. The van der Waals surface area contributed by atoms with E-state index in [9.17, 15) is 14.0 Å². The molecular formula is C18H21FN2O4. The number of hydrogen-bond donors (Lipinski definition) is 0. The van der Waals surface area contributed by atoms with Gasteiger partial charge in [0, 0.05) is 5.69 Å². The van der Waals surface area contributed by atoms with Crippen LogP contribution in [0.2, 0.25) is 0 Å². The van der Waals surface area contributed by atoms with E-state index in [1.165, 1.54) is 29.2 Å². The van der Waals surface area contributed by atoms with E-state index in [4.69, 9.17) is 9.15 Å². The van der Waals surface area contributed by atoms with Crippen LogP contribution in [0.3, 0.4) is 0 Å². The number of oxazole rings is 1. The number of anilines is 1. The van der Waals surface area contributed by atoms with E-state index in [-0.39, 0.29) is 5.69 Å². The molecule has 2 aromatic rings. The predicted molar refractivity (Wildman–Crippen MR) is 89.8 cm³/mol. The van der Waals surface area contributed by atoms with Gasteiger partial charge in [0.25, 0.3) is 5.91 Å². The number of esters is 1. The number of rotatable bonds is 4. The first-order valence-electron chi connectivity index (χ1n) is 7.82. The third-order valence-corrected chi connectivity index (χ3v) is 3.41. The van der Waals surface area contributed by atoms with Crippen LogP contribution in [-0.4, -0.2) is 28.5 Å². The quantitative estimate of drug-likeness (QED) is 0.791. The summed E-state index contributed by atoms with van der Waals surface area (Å²) in [6.07, 6.45) is 1.16. The highest BCUT2D eigenvalue weighted by molar-refractivity contribution is 6.08. The molecule has 2 rings (SSSR count). The van der Waals surface area contributed by atoms with Crippen LogP contribution in [0.15, 0.2) is 35.1 Å². The van der Waals surface area contributed by atoms with Gasteiger partial charge < -0.3 is 9.15 Å². The van der Waals surface area contributed by atoms with E-state index in [0.717, 1.165) is 6.39 Å². The van der Waals surface area contributed by atoms with E-state index < -0.39 is 29.3 Å². The Morgan fingerprint density at radius 1 is 1.24 bits per heavy atom. The van der Waals surface area contributed by atoms with Gasteiger partial charge in [0.1, 0.15) is 23.2 Å². The van der Waals surface area contributed by atoms with Crippen molar-refractivity contribution in [2.75, 3.05) is 4.90 Å². The highest BCUT2D eigenvalue weighted by Gasteiger charge is 2.33. The molecule has 134 valence electrons. The minimum atomic E-state index is -0.937. The summed E-state index contributed by atoms with van der Waals surface area (Å²) in [4.78, 5) is 30.5. The number of halogens is 1. The maximum atomic E-state index is 13.2. The Labute approximate surface area is 145 Å². The third-order valence-electron chi connectivity index (χ3n) is 3.41. The summed E-state index contributed by atoms with van der Waals surface area (Å²) in [5.74, 6) is -1.23. The van der Waals surface area contributed by atoms with Crippen LogP contribution < -0.4 is 4.90 Å². The average molecular weight is 348 g/mol. The Bertz CT molecular complexity index is 762. The molecular weight excluding hydrogens is 327 g/mol. The molecule has 1 aromatic heterocycles. The van der Waals surface area contributed by atoms with Crippen molar-refractivity contribution in [3.05, 3.63) is 47.9 Å². The van der Waals surface area contributed by atoms with Crippen LogP contribution in [0.5, 0.6) is 0 Å². The number of ether oxygens (including phenoxy) is 1. The molecule has 6 nitrogen and oxygen atoms in total. The fourth-order valence-electron chi connectivity index (χ4n) is 2.24. The first kappa shape index (κ1) is 18.6. The van der Waals surface area contributed by atoms with Gasteiger partial charge in [-0.3, -0.25) is 9.69 Å². The number of carbonyl (C=O) groups excluding carboxylic acids is 2. The molecule has 0 radical (unpaired) electrons. The molecule has 0 aliphatic heterocycles. The van der Waals surface area contributed by atoms with Gasteiger partial charge in [0.05, 0.1) is 0 Å². The lowest BCUT2D eigenvalue weighted by Crippen LogP contribution is -2.46. The molecule has 25 heavy (non-hydrogen) atoms. The normalized spacial score (nSPS) is 12.6. The van der Waals surface area contributed by atoms with Gasteiger partial charge in [-0.2, -0.15) is 0 Å². The first-order chi connectivity index (χ1) is 11.6. The first-order valence-corrected chi connectivity index (χ1v) is 7.82. The topological polar surface area (TPSA) is 72.6 Å². The van der Waals surface area contributed by atoms with Crippen molar-refractivity contribution in [1.29, 1.82) is 0 Å². The summed E-state index contributed by atoms with van der Waals surface area (Å²) in [7, 11) is 0.